The van der Waals surface area contributed by atoms with Gasteiger partial charge in [-0.05, 0) is 6.42 Å². The molecule has 0 aromatic carbocycles. The summed E-state index contributed by atoms with van der Waals surface area (Å²) in [6.07, 6.45) is 1.57. The van der Waals surface area contributed by atoms with E-state index in [-0.39, 0.29) is 16.4 Å². The molecule has 1 heterocycles. The molecule has 0 aliphatic carbocycles. The maximum absolute atomic E-state index is 11.6. The lowest BCUT2D eigenvalue weighted by Gasteiger charge is -2.01. The summed E-state index contributed by atoms with van der Waals surface area (Å²) in [6, 6.07) is 0. The summed E-state index contributed by atoms with van der Waals surface area (Å²) in [7, 11) is 1.14. The van der Waals surface area contributed by atoms with Crippen LogP contribution < -0.4 is 0 Å². The van der Waals surface area contributed by atoms with E-state index in [0.29, 0.717) is 17.8 Å². The minimum atomic E-state index is -0.819. The number of hydrogen-bond donors (Lipinski definition) is 2. The maximum atomic E-state index is 11.6. The molecule has 100 valence electrons. The Bertz CT molecular complexity index is 451. The van der Waals surface area contributed by atoms with E-state index in [1.807, 2.05) is 6.92 Å². The third-order valence-corrected chi connectivity index (χ3v) is 3.27. The molecule has 1 aromatic heterocycles. The Hall–Kier alpha value is -1.76. The lowest BCUT2D eigenvalue weighted by atomic mass is 10.3. The van der Waals surface area contributed by atoms with Crippen molar-refractivity contribution in [1.29, 1.82) is 0 Å². The Balaban J connectivity index is 2.90. The van der Waals surface area contributed by atoms with Crippen LogP contribution in [0.5, 0.6) is 11.5 Å². The highest BCUT2D eigenvalue weighted by molar-refractivity contribution is 7.16. The zero-order valence-corrected chi connectivity index (χ0v) is 10.9. The molecule has 0 bridgehead atoms. The van der Waals surface area contributed by atoms with Gasteiger partial charge >= 0.3 is 11.9 Å². The van der Waals surface area contributed by atoms with E-state index >= 15 is 0 Å². The van der Waals surface area contributed by atoms with E-state index in [0.717, 1.165) is 13.5 Å². The van der Waals surface area contributed by atoms with Gasteiger partial charge in [0.2, 0.25) is 0 Å². The lowest BCUT2D eigenvalue weighted by Crippen LogP contribution is -2.04. The first-order valence-electron chi connectivity index (χ1n) is 5.33. The van der Waals surface area contributed by atoms with Crippen LogP contribution in [0.3, 0.4) is 0 Å². The highest BCUT2D eigenvalue weighted by Gasteiger charge is 2.27. The molecule has 0 saturated heterocycles. The van der Waals surface area contributed by atoms with Crippen LogP contribution in [0.2, 0.25) is 0 Å². The molecular weight excluding hydrogens is 260 g/mol. The second-order valence-electron chi connectivity index (χ2n) is 3.44. The molecule has 2 N–H and O–H groups in total. The molecule has 0 amide bonds. The smallest absolute Gasteiger partial charge is 0.352 e. The third kappa shape index (κ3) is 2.92. The zero-order chi connectivity index (χ0) is 13.7. The van der Waals surface area contributed by atoms with Crippen molar-refractivity contribution < 1.29 is 29.3 Å². The SMILES string of the molecule is CCCCOC(=O)c1sc(C(=O)OC)c(O)c1O. The van der Waals surface area contributed by atoms with Crippen LogP contribution in [-0.4, -0.2) is 35.9 Å². The third-order valence-electron chi connectivity index (χ3n) is 2.15. The second kappa shape index (κ2) is 6.25. The molecule has 6 nitrogen and oxygen atoms in total. The first-order valence-corrected chi connectivity index (χ1v) is 6.14. The van der Waals surface area contributed by atoms with Crippen LogP contribution in [0.1, 0.15) is 39.1 Å². The van der Waals surface area contributed by atoms with Gasteiger partial charge in [0.1, 0.15) is 0 Å². The molecule has 18 heavy (non-hydrogen) atoms. The quantitative estimate of drug-likeness (QED) is 0.629. The van der Waals surface area contributed by atoms with Crippen LogP contribution in [0, 0.1) is 0 Å². The van der Waals surface area contributed by atoms with Gasteiger partial charge in [-0.3, -0.25) is 0 Å². The minimum absolute atomic E-state index is 0.205. The Morgan fingerprint density at radius 1 is 1.17 bits per heavy atom. The van der Waals surface area contributed by atoms with Crippen LogP contribution >= 0.6 is 11.3 Å². The Labute approximate surface area is 108 Å². The molecule has 0 unspecified atom stereocenters. The molecule has 0 saturated carbocycles. The lowest BCUT2D eigenvalue weighted by molar-refractivity contribution is 0.0501. The molecule has 0 radical (unpaired) electrons. The van der Waals surface area contributed by atoms with Gasteiger partial charge in [0.25, 0.3) is 0 Å². The first kappa shape index (κ1) is 14.3. The minimum Gasteiger partial charge on any atom is -0.503 e. The normalized spacial score (nSPS) is 10.1. The van der Waals surface area contributed by atoms with E-state index in [1.54, 1.807) is 0 Å². The molecule has 0 fully saturated rings. The molecule has 0 aliphatic rings. The summed E-state index contributed by atoms with van der Waals surface area (Å²) in [5.41, 5.74) is 0. The highest BCUT2D eigenvalue weighted by atomic mass is 32.1. The molecule has 0 spiro atoms. The maximum Gasteiger partial charge on any atom is 0.352 e. The van der Waals surface area contributed by atoms with Gasteiger partial charge in [-0.25, -0.2) is 9.59 Å². The number of ether oxygens (including phenoxy) is 2. The standard InChI is InChI=1S/C11H14O6S/c1-3-4-5-17-11(15)9-7(13)6(12)8(18-9)10(14)16-2/h12-13H,3-5H2,1-2H3. The van der Waals surface area contributed by atoms with E-state index in [9.17, 15) is 19.8 Å². The number of esters is 2. The van der Waals surface area contributed by atoms with Gasteiger partial charge in [0.15, 0.2) is 21.3 Å². The van der Waals surface area contributed by atoms with Gasteiger partial charge < -0.3 is 19.7 Å². The van der Waals surface area contributed by atoms with Crippen molar-refractivity contribution in [3.8, 4) is 11.5 Å². The number of carbonyl (C=O) groups is 2. The van der Waals surface area contributed by atoms with Crippen molar-refractivity contribution >= 4 is 23.3 Å². The fourth-order valence-electron chi connectivity index (χ4n) is 1.16. The van der Waals surface area contributed by atoms with E-state index in [4.69, 9.17) is 4.74 Å². The van der Waals surface area contributed by atoms with Crippen molar-refractivity contribution in [3.05, 3.63) is 9.75 Å². The van der Waals surface area contributed by atoms with Crippen molar-refractivity contribution in [2.75, 3.05) is 13.7 Å². The summed E-state index contributed by atoms with van der Waals surface area (Å²) in [6.45, 7) is 2.17. The number of unbranched alkanes of at least 4 members (excludes halogenated alkanes) is 1. The highest BCUT2D eigenvalue weighted by Crippen LogP contribution is 2.41. The first-order chi connectivity index (χ1) is 8.52. The number of methoxy groups -OCH3 is 1. The number of rotatable bonds is 5. The second-order valence-corrected chi connectivity index (χ2v) is 4.46. The topological polar surface area (TPSA) is 93.1 Å². The molecule has 7 heteroatoms. The average Bonchev–Trinajstić information content (AvgIpc) is 2.66. The predicted octanol–water partition coefficient (Wildman–Crippen LogP) is 1.90. The summed E-state index contributed by atoms with van der Waals surface area (Å²) < 4.78 is 9.29. The Morgan fingerprint density at radius 3 is 2.22 bits per heavy atom. The van der Waals surface area contributed by atoms with E-state index in [2.05, 4.69) is 4.74 Å². The summed E-state index contributed by atoms with van der Waals surface area (Å²) in [5.74, 6) is -2.90. The average molecular weight is 274 g/mol. The fraction of sp³-hybridized carbons (Fsp3) is 0.455. The van der Waals surface area contributed by atoms with Crippen molar-refractivity contribution in [2.45, 2.75) is 19.8 Å². The summed E-state index contributed by atoms with van der Waals surface area (Å²) >= 11 is 0.636. The van der Waals surface area contributed by atoms with Crippen LogP contribution in [-0.2, 0) is 9.47 Å². The largest absolute Gasteiger partial charge is 0.503 e. The van der Waals surface area contributed by atoms with Crippen molar-refractivity contribution in [2.24, 2.45) is 0 Å². The van der Waals surface area contributed by atoms with Gasteiger partial charge in [-0.15, -0.1) is 11.3 Å². The molecule has 1 aromatic rings. The monoisotopic (exact) mass is 274 g/mol. The van der Waals surface area contributed by atoms with Crippen molar-refractivity contribution in [1.82, 2.24) is 0 Å². The van der Waals surface area contributed by atoms with Crippen LogP contribution in [0.25, 0.3) is 0 Å². The van der Waals surface area contributed by atoms with E-state index in [1.165, 1.54) is 0 Å². The number of hydrogen-bond acceptors (Lipinski definition) is 7. The predicted molar refractivity (Wildman–Crippen MR) is 64.2 cm³/mol. The molecule has 0 aliphatic heterocycles. The van der Waals surface area contributed by atoms with Gasteiger partial charge in [0.05, 0.1) is 13.7 Å². The summed E-state index contributed by atoms with van der Waals surface area (Å²) in [4.78, 5) is 22.4. The fourth-order valence-corrected chi connectivity index (χ4v) is 2.06. The molecular formula is C11H14O6S. The van der Waals surface area contributed by atoms with E-state index < -0.39 is 23.4 Å². The Kier molecular flexibility index (Phi) is 4.96. The number of thiophene rings is 1. The molecule has 1 rings (SSSR count). The zero-order valence-electron chi connectivity index (χ0n) is 10.1. The van der Waals surface area contributed by atoms with Crippen LogP contribution in [0.4, 0.5) is 0 Å². The van der Waals surface area contributed by atoms with Gasteiger partial charge in [-0.2, -0.15) is 0 Å². The molecule has 0 atom stereocenters. The Morgan fingerprint density at radius 2 is 1.72 bits per heavy atom. The number of aromatic hydroxyl groups is 2. The van der Waals surface area contributed by atoms with Crippen molar-refractivity contribution in [3.63, 3.8) is 0 Å². The van der Waals surface area contributed by atoms with Gasteiger partial charge in [-0.1, -0.05) is 13.3 Å². The summed E-state index contributed by atoms with van der Waals surface area (Å²) in [5, 5.41) is 19.0. The van der Waals surface area contributed by atoms with Gasteiger partial charge in [0, 0.05) is 0 Å². The number of carbonyl (C=O) groups excluding carboxylic acids is 2. The van der Waals surface area contributed by atoms with Crippen LogP contribution in [0.15, 0.2) is 0 Å².